The monoisotopic (exact) mass is 273 g/mol. The second-order valence-electron chi connectivity index (χ2n) is 2.25. The number of carboxylic acids is 2. The van der Waals surface area contributed by atoms with Gasteiger partial charge < -0.3 is 15.9 Å². The summed E-state index contributed by atoms with van der Waals surface area (Å²) in [6, 6.07) is -0.683. The molecular weight excluding hydrogens is 260 g/mol. The molecule has 0 amide bonds. The Bertz CT molecular complexity index is 164. The normalized spacial score (nSPS) is 10.2. The van der Waals surface area contributed by atoms with E-state index < -0.39 is 18.0 Å². The van der Waals surface area contributed by atoms with Crippen molar-refractivity contribution in [1.29, 1.82) is 0 Å². The Morgan fingerprint density at radius 3 is 2.00 bits per heavy atom. The van der Waals surface area contributed by atoms with E-state index in [1.165, 1.54) is 0 Å². The zero-order chi connectivity index (χ0) is 10.9. The first kappa shape index (κ1) is 19.4. The fourth-order valence-electron chi connectivity index (χ4n) is 0.368. The molecule has 0 heterocycles. The molecule has 0 bridgehead atoms. The molecule has 0 aliphatic carbocycles. The molecule has 0 rings (SSSR count). The van der Waals surface area contributed by atoms with Crippen LogP contribution in [0.25, 0.3) is 0 Å². The molecule has 0 radical (unpaired) electrons. The van der Waals surface area contributed by atoms with Crippen LogP contribution >= 0.6 is 11.8 Å². The van der Waals surface area contributed by atoms with Gasteiger partial charge in [-0.25, -0.2) is 0 Å². The Kier molecular flexibility index (Phi) is 17.9. The van der Waals surface area contributed by atoms with Gasteiger partial charge in [0.15, 0.2) is 0 Å². The van der Waals surface area contributed by atoms with E-state index in [1.807, 2.05) is 6.26 Å². The van der Waals surface area contributed by atoms with Gasteiger partial charge in [0.05, 0.1) is 0 Å². The molecular formula is C7H15NO4SZn. The molecule has 14 heavy (non-hydrogen) atoms. The Morgan fingerprint density at radius 1 is 1.43 bits per heavy atom. The van der Waals surface area contributed by atoms with Gasteiger partial charge in [0.1, 0.15) is 6.04 Å². The summed E-state index contributed by atoms with van der Waals surface area (Å²) < 4.78 is 0. The number of hydrogen-bond donors (Lipinski definition) is 3. The number of thioether (sulfide) groups is 1. The summed E-state index contributed by atoms with van der Waals surface area (Å²) in [4.78, 5) is 19.1. The first-order chi connectivity index (χ1) is 5.91. The quantitative estimate of drug-likeness (QED) is 0.635. The predicted molar refractivity (Wildman–Crippen MR) is 51.9 cm³/mol. The summed E-state index contributed by atoms with van der Waals surface area (Å²) in [5, 5.41) is 15.7. The fraction of sp³-hybridized carbons (Fsp3) is 0.714. The number of carbonyl (C=O) groups is 2. The number of carboxylic acid groups (broad SMARTS) is 2. The topological polar surface area (TPSA) is 101 Å². The van der Waals surface area contributed by atoms with Gasteiger partial charge in [0, 0.05) is 26.4 Å². The van der Waals surface area contributed by atoms with Crippen molar-refractivity contribution >= 4 is 23.7 Å². The van der Waals surface area contributed by atoms with Crippen LogP contribution in [0.15, 0.2) is 0 Å². The van der Waals surface area contributed by atoms with E-state index in [2.05, 4.69) is 0 Å². The smallest absolute Gasteiger partial charge is 0.320 e. The van der Waals surface area contributed by atoms with E-state index in [9.17, 15) is 4.79 Å². The van der Waals surface area contributed by atoms with Gasteiger partial charge in [-0.05, 0) is 18.4 Å². The van der Waals surface area contributed by atoms with Crippen molar-refractivity contribution < 1.29 is 39.3 Å². The van der Waals surface area contributed by atoms with Crippen LogP contribution in [-0.4, -0.2) is 40.2 Å². The molecule has 0 aliphatic rings. The van der Waals surface area contributed by atoms with Crippen molar-refractivity contribution in [3.8, 4) is 0 Å². The predicted octanol–water partition coefficient (Wildman–Crippen LogP) is 0.240. The molecule has 1 atom stereocenters. The van der Waals surface area contributed by atoms with Crippen LogP contribution in [0, 0.1) is 0 Å². The maximum absolute atomic E-state index is 10.1. The standard InChI is InChI=1S/C5H11NO2S.C2H4O2.Zn/c1-9-3-2-4(6)5(7)8;1-2(3)4;/h4H,2-3,6H2,1H3,(H,7,8);1H3,(H,3,4);. The van der Waals surface area contributed by atoms with E-state index in [-0.39, 0.29) is 19.5 Å². The minimum Gasteiger partial charge on any atom is -0.481 e. The number of rotatable bonds is 4. The number of hydrogen-bond acceptors (Lipinski definition) is 4. The Labute approximate surface area is 100 Å². The molecule has 80 valence electrons. The largest absolute Gasteiger partial charge is 0.481 e. The molecule has 0 aromatic rings. The Hall–Kier alpha value is -0.127. The molecule has 7 heteroatoms. The van der Waals surface area contributed by atoms with E-state index in [0.29, 0.717) is 6.42 Å². The van der Waals surface area contributed by atoms with E-state index in [0.717, 1.165) is 12.7 Å². The van der Waals surface area contributed by atoms with Crippen LogP contribution in [0.5, 0.6) is 0 Å². The van der Waals surface area contributed by atoms with Gasteiger partial charge in [0.2, 0.25) is 0 Å². The number of aliphatic carboxylic acids is 2. The summed E-state index contributed by atoms with van der Waals surface area (Å²) in [5.41, 5.74) is 5.19. The zero-order valence-corrected chi connectivity index (χ0v) is 12.2. The van der Waals surface area contributed by atoms with E-state index >= 15 is 0 Å². The van der Waals surface area contributed by atoms with Crippen molar-refractivity contribution in [2.24, 2.45) is 5.73 Å². The second kappa shape index (κ2) is 12.9. The molecule has 0 aromatic heterocycles. The van der Waals surface area contributed by atoms with Crippen molar-refractivity contribution in [2.75, 3.05) is 12.0 Å². The van der Waals surface area contributed by atoms with Crippen LogP contribution in [0.2, 0.25) is 0 Å². The van der Waals surface area contributed by atoms with Crippen molar-refractivity contribution in [2.45, 2.75) is 19.4 Å². The van der Waals surface area contributed by atoms with Crippen LogP contribution in [0.3, 0.4) is 0 Å². The van der Waals surface area contributed by atoms with Crippen molar-refractivity contribution in [3.63, 3.8) is 0 Å². The second-order valence-corrected chi connectivity index (χ2v) is 3.23. The molecule has 0 aliphatic heterocycles. The maximum Gasteiger partial charge on any atom is 0.320 e. The van der Waals surface area contributed by atoms with Crippen LogP contribution < -0.4 is 5.73 Å². The van der Waals surface area contributed by atoms with Gasteiger partial charge in [-0.2, -0.15) is 11.8 Å². The van der Waals surface area contributed by atoms with Crippen LogP contribution in [-0.2, 0) is 29.1 Å². The molecule has 0 aromatic carbocycles. The first-order valence-electron chi connectivity index (χ1n) is 3.58. The molecule has 0 saturated carbocycles. The van der Waals surface area contributed by atoms with E-state index in [1.54, 1.807) is 11.8 Å². The molecule has 0 spiro atoms. The maximum atomic E-state index is 10.1. The minimum atomic E-state index is -0.913. The van der Waals surface area contributed by atoms with Crippen LogP contribution in [0.4, 0.5) is 0 Å². The third-order valence-electron chi connectivity index (χ3n) is 0.950. The molecule has 4 N–H and O–H groups in total. The average molecular weight is 275 g/mol. The summed E-state index contributed by atoms with van der Waals surface area (Å²) in [7, 11) is 0. The minimum absolute atomic E-state index is 0. The average Bonchev–Trinajstić information content (AvgIpc) is 1.98. The van der Waals surface area contributed by atoms with Gasteiger partial charge in [0.25, 0.3) is 5.97 Å². The molecule has 0 saturated heterocycles. The van der Waals surface area contributed by atoms with Gasteiger partial charge in [-0.3, -0.25) is 9.59 Å². The third kappa shape index (κ3) is 22.6. The van der Waals surface area contributed by atoms with Crippen LogP contribution in [0.1, 0.15) is 13.3 Å². The van der Waals surface area contributed by atoms with E-state index in [4.69, 9.17) is 20.7 Å². The van der Waals surface area contributed by atoms with Gasteiger partial charge in [-0.15, -0.1) is 0 Å². The number of nitrogens with two attached hydrogens (primary N) is 1. The summed E-state index contributed by atoms with van der Waals surface area (Å²) in [6.45, 7) is 1.08. The molecule has 5 nitrogen and oxygen atoms in total. The Morgan fingerprint density at radius 2 is 1.79 bits per heavy atom. The van der Waals surface area contributed by atoms with Gasteiger partial charge in [-0.1, -0.05) is 0 Å². The van der Waals surface area contributed by atoms with Crippen molar-refractivity contribution in [1.82, 2.24) is 0 Å². The van der Waals surface area contributed by atoms with Crippen molar-refractivity contribution in [3.05, 3.63) is 0 Å². The summed E-state index contributed by atoms with van der Waals surface area (Å²) in [5.74, 6) is -0.933. The summed E-state index contributed by atoms with van der Waals surface area (Å²) >= 11 is 1.60. The molecule has 1 unspecified atom stereocenters. The zero-order valence-electron chi connectivity index (χ0n) is 8.40. The SMILES string of the molecule is CC(=O)O.CSCCC(N)C(=O)O.[Zn]. The fourth-order valence-corrected chi connectivity index (χ4v) is 0.858. The molecule has 0 fully saturated rings. The van der Waals surface area contributed by atoms with Gasteiger partial charge >= 0.3 is 5.97 Å². The summed E-state index contributed by atoms with van der Waals surface area (Å²) in [6.07, 6.45) is 2.48. The third-order valence-corrected chi connectivity index (χ3v) is 1.59. The Balaban J connectivity index is -0.000000209. The first-order valence-corrected chi connectivity index (χ1v) is 4.98.